The van der Waals surface area contributed by atoms with Crippen LogP contribution in [0.1, 0.15) is 31.4 Å². The first kappa shape index (κ1) is 15.7. The highest BCUT2D eigenvalue weighted by molar-refractivity contribution is 5.42. The van der Waals surface area contributed by atoms with E-state index in [-0.39, 0.29) is 0 Å². The van der Waals surface area contributed by atoms with Gasteiger partial charge in [-0.25, -0.2) is 0 Å². The van der Waals surface area contributed by atoms with E-state index in [9.17, 15) is 0 Å². The Morgan fingerprint density at radius 2 is 1.83 bits per heavy atom. The normalized spacial score (nSPS) is 29.1. The lowest BCUT2D eigenvalue weighted by molar-refractivity contribution is 0.0344. The maximum Gasteiger partial charge on any atom is 0.0340 e. The van der Waals surface area contributed by atoms with Crippen LogP contribution in [0.25, 0.3) is 0 Å². The Bertz CT molecular complexity index is 696. The highest BCUT2D eigenvalue weighted by Gasteiger charge is 2.47. The third-order valence-corrected chi connectivity index (χ3v) is 6.53. The average Bonchev–Trinajstić information content (AvgIpc) is 2.61. The van der Waals surface area contributed by atoms with E-state index in [1.54, 1.807) is 11.1 Å². The predicted octanol–water partition coefficient (Wildman–Crippen LogP) is 4.32. The van der Waals surface area contributed by atoms with Crippen molar-refractivity contribution >= 4 is 5.69 Å². The van der Waals surface area contributed by atoms with Crippen molar-refractivity contribution in [2.45, 2.75) is 38.1 Å². The van der Waals surface area contributed by atoms with E-state index < -0.39 is 0 Å². The predicted molar refractivity (Wildman–Crippen MR) is 102 cm³/mol. The second kappa shape index (κ2) is 6.25. The first-order valence-corrected chi connectivity index (χ1v) is 9.30. The lowest BCUT2D eigenvalue weighted by atomic mass is 9.59. The van der Waals surface area contributed by atoms with Crippen molar-refractivity contribution in [1.29, 1.82) is 0 Å². The van der Waals surface area contributed by atoms with Gasteiger partial charge in [0.25, 0.3) is 0 Å². The Balaban J connectivity index is 1.47. The number of rotatable bonds is 4. The molecule has 126 valence electrons. The molecule has 0 radical (unpaired) electrons. The molecule has 0 amide bonds. The molecule has 2 aromatic carbocycles. The van der Waals surface area contributed by atoms with Crippen LogP contribution >= 0.6 is 0 Å². The first-order chi connectivity index (χ1) is 11.7. The van der Waals surface area contributed by atoms with Crippen LogP contribution in [0.15, 0.2) is 54.6 Å². The van der Waals surface area contributed by atoms with Gasteiger partial charge < -0.3 is 5.32 Å². The zero-order chi connectivity index (χ0) is 16.6. The minimum atomic E-state index is 0.350. The van der Waals surface area contributed by atoms with Crippen molar-refractivity contribution in [2.75, 3.05) is 25.0 Å². The minimum absolute atomic E-state index is 0.350. The average molecular weight is 320 g/mol. The largest absolute Gasteiger partial charge is 0.384 e. The molecule has 1 fully saturated rings. The fourth-order valence-electron chi connectivity index (χ4n) is 4.85. The van der Waals surface area contributed by atoms with Gasteiger partial charge in [0, 0.05) is 24.8 Å². The number of nitrogens with zero attached hydrogens (tertiary/aromatic N) is 1. The smallest absolute Gasteiger partial charge is 0.0340 e. The second-order valence-electron chi connectivity index (χ2n) is 7.71. The maximum atomic E-state index is 3.57. The zero-order valence-electron chi connectivity index (χ0n) is 14.8. The summed E-state index contributed by atoms with van der Waals surface area (Å²) < 4.78 is 0. The van der Waals surface area contributed by atoms with E-state index in [0.717, 1.165) is 19.0 Å². The summed E-state index contributed by atoms with van der Waals surface area (Å²) in [6.45, 7) is 8.32. The Morgan fingerprint density at radius 1 is 1.08 bits per heavy atom. The molecule has 0 saturated carbocycles. The van der Waals surface area contributed by atoms with Gasteiger partial charge in [0.05, 0.1) is 0 Å². The van der Waals surface area contributed by atoms with Crippen molar-refractivity contribution in [3.8, 4) is 0 Å². The first-order valence-electron chi connectivity index (χ1n) is 9.30. The maximum absolute atomic E-state index is 3.57. The molecule has 4 rings (SSSR count). The quantitative estimate of drug-likeness (QED) is 0.902. The van der Waals surface area contributed by atoms with E-state index in [1.807, 2.05) is 0 Å². The van der Waals surface area contributed by atoms with Crippen LogP contribution < -0.4 is 5.32 Å². The van der Waals surface area contributed by atoms with Gasteiger partial charge in [-0.15, -0.1) is 0 Å². The third-order valence-electron chi connectivity index (χ3n) is 6.53. The fraction of sp³-hybridized carbons (Fsp3) is 0.455. The molecule has 1 aliphatic carbocycles. The summed E-state index contributed by atoms with van der Waals surface area (Å²) in [4.78, 5) is 2.72. The number of para-hydroxylation sites is 1. The van der Waals surface area contributed by atoms with Gasteiger partial charge in [0.1, 0.15) is 0 Å². The zero-order valence-corrected chi connectivity index (χ0v) is 14.8. The minimum Gasteiger partial charge on any atom is -0.384 e. The molecule has 1 N–H and O–H groups in total. The molecule has 2 aliphatic rings. The van der Waals surface area contributed by atoms with Gasteiger partial charge in [-0.05, 0) is 54.0 Å². The lowest BCUT2D eigenvalue weighted by Gasteiger charge is -2.54. The summed E-state index contributed by atoms with van der Waals surface area (Å²) in [6.07, 6.45) is 2.48. The van der Waals surface area contributed by atoms with Crippen molar-refractivity contribution in [1.82, 2.24) is 4.90 Å². The SMILES string of the molecule is C[C@@H]1[C@@H]2Cc3ccccc3[C@@]1(C)CCN2CCNc1ccccc1. The molecule has 1 heterocycles. The molecule has 24 heavy (non-hydrogen) atoms. The molecular weight excluding hydrogens is 292 g/mol. The number of piperidine rings is 1. The Hall–Kier alpha value is -1.80. The summed E-state index contributed by atoms with van der Waals surface area (Å²) in [7, 11) is 0. The molecule has 3 atom stereocenters. The molecule has 2 aromatic rings. The van der Waals surface area contributed by atoms with E-state index >= 15 is 0 Å². The molecular formula is C22H28N2. The number of hydrogen-bond acceptors (Lipinski definition) is 2. The Labute approximate surface area is 145 Å². The molecule has 1 saturated heterocycles. The van der Waals surface area contributed by atoms with Gasteiger partial charge in [-0.1, -0.05) is 56.3 Å². The molecule has 0 unspecified atom stereocenters. The topological polar surface area (TPSA) is 15.3 Å². The Kier molecular flexibility index (Phi) is 4.09. The van der Waals surface area contributed by atoms with Crippen molar-refractivity contribution in [2.24, 2.45) is 5.92 Å². The van der Waals surface area contributed by atoms with Crippen LogP contribution in [-0.4, -0.2) is 30.6 Å². The summed E-state index contributed by atoms with van der Waals surface area (Å²) in [6, 6.07) is 20.4. The summed E-state index contributed by atoms with van der Waals surface area (Å²) >= 11 is 0. The number of anilines is 1. The number of hydrogen-bond donors (Lipinski definition) is 1. The number of nitrogens with one attached hydrogen (secondary N) is 1. The van der Waals surface area contributed by atoms with Crippen LogP contribution in [0, 0.1) is 5.92 Å². The van der Waals surface area contributed by atoms with E-state index in [4.69, 9.17) is 0 Å². The van der Waals surface area contributed by atoms with Gasteiger partial charge >= 0.3 is 0 Å². The summed E-state index contributed by atoms with van der Waals surface area (Å²) in [5.41, 5.74) is 4.75. The molecule has 2 nitrogen and oxygen atoms in total. The van der Waals surface area contributed by atoms with Crippen LogP contribution in [0.3, 0.4) is 0 Å². The molecule has 2 bridgehead atoms. The van der Waals surface area contributed by atoms with Crippen molar-refractivity contribution in [3.05, 3.63) is 65.7 Å². The van der Waals surface area contributed by atoms with E-state index in [0.29, 0.717) is 11.5 Å². The van der Waals surface area contributed by atoms with Crippen LogP contribution in [0.5, 0.6) is 0 Å². The molecule has 0 aromatic heterocycles. The standard InChI is InChI=1S/C22H28N2/c1-17-21-16-18-8-6-7-11-20(18)22(17,2)12-14-24(21)15-13-23-19-9-4-3-5-10-19/h3-11,17,21,23H,12-16H2,1-2H3/t17-,21+,22+/m1/s1. The summed E-state index contributed by atoms with van der Waals surface area (Å²) in [5, 5.41) is 3.57. The second-order valence-corrected chi connectivity index (χ2v) is 7.71. The molecule has 0 spiro atoms. The Morgan fingerprint density at radius 3 is 2.67 bits per heavy atom. The number of benzene rings is 2. The van der Waals surface area contributed by atoms with Crippen molar-refractivity contribution < 1.29 is 0 Å². The van der Waals surface area contributed by atoms with Crippen LogP contribution in [-0.2, 0) is 11.8 Å². The fourth-order valence-corrected chi connectivity index (χ4v) is 4.85. The van der Waals surface area contributed by atoms with Gasteiger partial charge in [0.15, 0.2) is 0 Å². The van der Waals surface area contributed by atoms with Gasteiger partial charge in [-0.3, -0.25) is 4.90 Å². The van der Waals surface area contributed by atoms with Crippen molar-refractivity contribution in [3.63, 3.8) is 0 Å². The summed E-state index contributed by atoms with van der Waals surface area (Å²) in [5.74, 6) is 0.720. The number of fused-ring (bicyclic) bond motifs is 4. The van der Waals surface area contributed by atoms with Crippen LogP contribution in [0.2, 0.25) is 0 Å². The van der Waals surface area contributed by atoms with Crippen LogP contribution in [0.4, 0.5) is 5.69 Å². The van der Waals surface area contributed by atoms with E-state index in [2.05, 4.69) is 78.7 Å². The van der Waals surface area contributed by atoms with E-state index in [1.165, 1.54) is 25.1 Å². The number of likely N-dealkylation sites (tertiary alicyclic amines) is 1. The highest BCUT2D eigenvalue weighted by atomic mass is 15.2. The van der Waals surface area contributed by atoms with Gasteiger partial charge in [-0.2, -0.15) is 0 Å². The highest BCUT2D eigenvalue weighted by Crippen LogP contribution is 2.48. The van der Waals surface area contributed by atoms with Gasteiger partial charge in [0.2, 0.25) is 0 Å². The molecule has 2 heteroatoms. The lowest BCUT2D eigenvalue weighted by Crippen LogP contribution is -2.58. The third kappa shape index (κ3) is 2.63. The molecule has 1 aliphatic heterocycles. The monoisotopic (exact) mass is 320 g/mol.